The number of hydrogen-bond acceptors (Lipinski definition) is 6. The number of fused-ring (bicyclic) bond motifs is 1. The molecule has 0 spiro atoms. The van der Waals surface area contributed by atoms with Crippen LogP contribution >= 0.6 is 0 Å². The molecule has 10 heteroatoms. The van der Waals surface area contributed by atoms with Crippen molar-refractivity contribution in [1.82, 2.24) is 14.5 Å². The van der Waals surface area contributed by atoms with Crippen LogP contribution in [0.5, 0.6) is 5.75 Å². The van der Waals surface area contributed by atoms with E-state index < -0.39 is 27.9 Å². The molecule has 36 heavy (non-hydrogen) atoms. The predicted octanol–water partition coefficient (Wildman–Crippen LogP) is 2.81. The van der Waals surface area contributed by atoms with E-state index in [1.54, 1.807) is 31.4 Å². The Bertz CT molecular complexity index is 1210. The Morgan fingerprint density at radius 2 is 1.75 bits per heavy atom. The molecule has 2 aromatic carbocycles. The Morgan fingerprint density at radius 3 is 2.33 bits per heavy atom. The summed E-state index contributed by atoms with van der Waals surface area (Å²) in [5, 5.41) is 2.89. The zero-order valence-corrected chi connectivity index (χ0v) is 21.9. The molecule has 0 saturated carbocycles. The summed E-state index contributed by atoms with van der Waals surface area (Å²) >= 11 is 0. The van der Waals surface area contributed by atoms with Crippen molar-refractivity contribution in [3.05, 3.63) is 59.7 Å². The monoisotopic (exact) mass is 515 g/mol. The third-order valence-corrected chi connectivity index (χ3v) is 7.86. The molecule has 1 aliphatic heterocycles. The number of hydrogen-bond donors (Lipinski definition) is 1. The number of amides is 3. The number of carbonyl (C=O) groups excluding carboxylic acids is 3. The Kier molecular flexibility index (Phi) is 8.73. The average Bonchev–Trinajstić information content (AvgIpc) is 3.06. The third-order valence-electron chi connectivity index (χ3n) is 6.02. The summed E-state index contributed by atoms with van der Waals surface area (Å²) in [6, 6.07) is 12.4. The van der Waals surface area contributed by atoms with Crippen LogP contribution in [0.25, 0.3) is 0 Å². The first-order valence-corrected chi connectivity index (χ1v) is 13.4. The zero-order valence-electron chi connectivity index (χ0n) is 21.1. The smallest absolute Gasteiger partial charge is 0.269 e. The molecule has 1 atom stereocenters. The van der Waals surface area contributed by atoms with E-state index in [1.807, 2.05) is 32.9 Å². The summed E-state index contributed by atoms with van der Waals surface area (Å²) < 4.78 is 31.7. The maximum Gasteiger partial charge on any atom is 0.269 e. The van der Waals surface area contributed by atoms with Crippen molar-refractivity contribution in [3.8, 4) is 5.75 Å². The van der Waals surface area contributed by atoms with E-state index >= 15 is 0 Å². The number of nitrogens with one attached hydrogen (secondary N) is 1. The molecular weight excluding hydrogens is 482 g/mol. The van der Waals surface area contributed by atoms with Crippen molar-refractivity contribution < 1.29 is 27.5 Å². The molecule has 0 fully saturated rings. The van der Waals surface area contributed by atoms with E-state index in [4.69, 9.17) is 4.74 Å². The molecule has 0 aliphatic carbocycles. The SMILES string of the molecule is CC[C@H](C(=O)NCC(C)C)N(Cc1ccc(OC)cc1)C(=O)CCN1C(=O)c2ccccc2S1(=O)=O. The van der Waals surface area contributed by atoms with Gasteiger partial charge in [0.1, 0.15) is 16.7 Å². The highest BCUT2D eigenvalue weighted by molar-refractivity contribution is 7.90. The molecule has 3 amide bonds. The van der Waals surface area contributed by atoms with E-state index in [1.165, 1.54) is 17.0 Å². The Hall–Kier alpha value is -3.40. The molecular formula is C26H33N3O6S. The second kappa shape index (κ2) is 11.6. The van der Waals surface area contributed by atoms with Gasteiger partial charge in [0, 0.05) is 26.1 Å². The van der Waals surface area contributed by atoms with E-state index in [2.05, 4.69) is 5.32 Å². The number of nitrogens with zero attached hydrogens (tertiary/aromatic N) is 2. The fourth-order valence-electron chi connectivity index (χ4n) is 4.06. The van der Waals surface area contributed by atoms with Gasteiger partial charge >= 0.3 is 0 Å². The average molecular weight is 516 g/mol. The first-order chi connectivity index (χ1) is 17.1. The fraction of sp³-hybridized carbons (Fsp3) is 0.423. The van der Waals surface area contributed by atoms with Crippen LogP contribution in [-0.2, 0) is 26.2 Å². The normalized spacial score (nSPS) is 14.9. The molecule has 3 rings (SSSR count). The Labute approximate surface area is 212 Å². The highest BCUT2D eigenvalue weighted by Crippen LogP contribution is 2.30. The van der Waals surface area contributed by atoms with Crippen molar-refractivity contribution in [3.63, 3.8) is 0 Å². The minimum Gasteiger partial charge on any atom is -0.497 e. The standard InChI is InChI=1S/C26H33N3O6S/c1-5-22(25(31)27-16-18(2)3)28(17-19-10-12-20(35-4)13-11-19)24(30)14-15-29-26(32)21-8-6-7-9-23(21)36(29,33)34/h6-13,18,22H,5,14-17H2,1-4H3,(H,27,31)/t22-/m1/s1. The van der Waals surface area contributed by atoms with Gasteiger partial charge in [0.05, 0.1) is 12.7 Å². The van der Waals surface area contributed by atoms with Crippen LogP contribution in [0.3, 0.4) is 0 Å². The Balaban J connectivity index is 1.81. The van der Waals surface area contributed by atoms with Crippen molar-refractivity contribution in [1.29, 1.82) is 0 Å². The number of benzene rings is 2. The van der Waals surface area contributed by atoms with Crippen molar-refractivity contribution in [2.75, 3.05) is 20.2 Å². The zero-order chi connectivity index (χ0) is 26.5. The maximum absolute atomic E-state index is 13.4. The van der Waals surface area contributed by atoms with Gasteiger partial charge in [-0.2, -0.15) is 0 Å². The molecule has 0 aromatic heterocycles. The van der Waals surface area contributed by atoms with Gasteiger partial charge in [-0.1, -0.05) is 45.0 Å². The van der Waals surface area contributed by atoms with E-state index in [9.17, 15) is 22.8 Å². The van der Waals surface area contributed by atoms with Gasteiger partial charge in [-0.05, 0) is 42.2 Å². The van der Waals surface area contributed by atoms with Crippen LogP contribution in [0.1, 0.15) is 49.5 Å². The third kappa shape index (κ3) is 5.87. The largest absolute Gasteiger partial charge is 0.497 e. The highest BCUT2D eigenvalue weighted by Gasteiger charge is 2.41. The molecule has 194 valence electrons. The molecule has 0 bridgehead atoms. The summed E-state index contributed by atoms with van der Waals surface area (Å²) in [5.74, 6) is -0.440. The lowest BCUT2D eigenvalue weighted by Gasteiger charge is -2.31. The van der Waals surface area contributed by atoms with Crippen LogP contribution < -0.4 is 10.1 Å². The van der Waals surface area contributed by atoms with Gasteiger partial charge in [0.2, 0.25) is 11.8 Å². The van der Waals surface area contributed by atoms with Crippen LogP contribution in [0, 0.1) is 5.92 Å². The van der Waals surface area contributed by atoms with Gasteiger partial charge in [0.25, 0.3) is 15.9 Å². The Morgan fingerprint density at radius 1 is 1.08 bits per heavy atom. The van der Waals surface area contributed by atoms with Gasteiger partial charge in [-0.25, -0.2) is 12.7 Å². The highest BCUT2D eigenvalue weighted by atomic mass is 32.2. The first kappa shape index (κ1) is 27.2. The maximum atomic E-state index is 13.4. The van der Waals surface area contributed by atoms with Crippen LogP contribution in [0.2, 0.25) is 0 Å². The summed E-state index contributed by atoms with van der Waals surface area (Å²) in [6.07, 6.45) is 0.126. The summed E-state index contributed by atoms with van der Waals surface area (Å²) in [5.41, 5.74) is 0.885. The summed E-state index contributed by atoms with van der Waals surface area (Å²) in [6.45, 7) is 6.09. The van der Waals surface area contributed by atoms with Crippen LogP contribution in [0.4, 0.5) is 0 Å². The molecule has 9 nitrogen and oxygen atoms in total. The summed E-state index contributed by atoms with van der Waals surface area (Å²) in [7, 11) is -2.47. The molecule has 1 heterocycles. The molecule has 0 saturated heterocycles. The van der Waals surface area contributed by atoms with E-state index in [0.717, 1.165) is 9.87 Å². The number of methoxy groups -OCH3 is 1. The molecule has 1 aliphatic rings. The second-order valence-corrected chi connectivity index (χ2v) is 10.9. The van der Waals surface area contributed by atoms with Crippen molar-refractivity contribution >= 4 is 27.7 Å². The fourth-order valence-corrected chi connectivity index (χ4v) is 5.63. The predicted molar refractivity (Wildman–Crippen MR) is 135 cm³/mol. The molecule has 2 aromatic rings. The minimum absolute atomic E-state index is 0.0583. The molecule has 1 N–H and O–H groups in total. The number of rotatable bonds is 11. The first-order valence-electron chi connectivity index (χ1n) is 12.0. The number of ether oxygens (including phenoxy) is 1. The topological polar surface area (TPSA) is 113 Å². The minimum atomic E-state index is -4.02. The van der Waals surface area contributed by atoms with Crippen LogP contribution in [-0.4, -0.2) is 61.6 Å². The molecule has 0 radical (unpaired) electrons. The van der Waals surface area contributed by atoms with Crippen LogP contribution in [0.15, 0.2) is 53.4 Å². The lowest BCUT2D eigenvalue weighted by Crippen LogP contribution is -2.50. The van der Waals surface area contributed by atoms with Gasteiger partial charge in [-0.15, -0.1) is 0 Å². The van der Waals surface area contributed by atoms with Crippen molar-refractivity contribution in [2.45, 2.75) is 51.1 Å². The summed E-state index contributed by atoms with van der Waals surface area (Å²) in [4.78, 5) is 40.6. The van der Waals surface area contributed by atoms with E-state index in [0.29, 0.717) is 18.7 Å². The van der Waals surface area contributed by atoms with Crippen molar-refractivity contribution in [2.24, 2.45) is 5.92 Å². The lowest BCUT2D eigenvalue weighted by atomic mass is 10.1. The van der Waals surface area contributed by atoms with E-state index in [-0.39, 0.29) is 41.8 Å². The molecule has 0 unspecified atom stereocenters. The van der Waals surface area contributed by atoms with Gasteiger partial charge in [-0.3, -0.25) is 14.4 Å². The quantitative estimate of drug-likeness (QED) is 0.492. The van der Waals surface area contributed by atoms with Gasteiger partial charge in [0.15, 0.2) is 0 Å². The van der Waals surface area contributed by atoms with Gasteiger partial charge < -0.3 is 15.0 Å². The lowest BCUT2D eigenvalue weighted by molar-refractivity contribution is -0.141. The number of carbonyl (C=O) groups is 3. The number of sulfonamides is 1. The second-order valence-electron chi connectivity index (χ2n) is 9.06.